The molecule has 3 N–H and O–H groups in total. The van der Waals surface area contributed by atoms with E-state index in [9.17, 15) is 14.4 Å². The topological polar surface area (TPSA) is 107 Å². The monoisotopic (exact) mass is 412 g/mol. The molecule has 0 aromatic rings. The summed E-state index contributed by atoms with van der Waals surface area (Å²) in [6.07, 6.45) is 6.86. The SMILES string of the molecule is O=C(O)CCCCCNC(=O)C1CCC(CN2C(=O)CC(CCO)C2=S)CC1. The van der Waals surface area contributed by atoms with Crippen molar-refractivity contribution in [1.82, 2.24) is 10.2 Å². The fourth-order valence-electron chi connectivity index (χ4n) is 4.12. The Balaban J connectivity index is 1.64. The van der Waals surface area contributed by atoms with E-state index in [0.29, 0.717) is 43.3 Å². The normalized spacial score (nSPS) is 25.2. The lowest BCUT2D eigenvalue weighted by atomic mass is 9.81. The third kappa shape index (κ3) is 6.81. The highest BCUT2D eigenvalue weighted by Crippen LogP contribution is 2.32. The van der Waals surface area contributed by atoms with Gasteiger partial charge in [-0.15, -0.1) is 0 Å². The summed E-state index contributed by atoms with van der Waals surface area (Å²) in [5.41, 5.74) is 0. The van der Waals surface area contributed by atoms with Crippen molar-refractivity contribution in [2.24, 2.45) is 17.8 Å². The van der Waals surface area contributed by atoms with Crippen LogP contribution in [0.25, 0.3) is 0 Å². The molecule has 2 amide bonds. The molecule has 1 saturated carbocycles. The molecule has 1 aliphatic heterocycles. The van der Waals surface area contributed by atoms with E-state index in [2.05, 4.69) is 5.32 Å². The van der Waals surface area contributed by atoms with Crippen LogP contribution in [-0.4, -0.2) is 57.6 Å². The quantitative estimate of drug-likeness (QED) is 0.354. The Bertz CT molecular complexity index is 575. The molecule has 1 saturated heterocycles. The maximum absolute atomic E-state index is 12.3. The highest BCUT2D eigenvalue weighted by Gasteiger charge is 2.37. The summed E-state index contributed by atoms with van der Waals surface area (Å²) in [7, 11) is 0. The predicted octanol–water partition coefficient (Wildman–Crippen LogP) is 2.11. The standard InChI is InChI=1S/C20H32N2O5S/c23-11-9-16-12-17(24)22(20(16)28)13-14-5-7-15(8-6-14)19(27)21-10-3-1-2-4-18(25)26/h14-16,23H,1-13H2,(H,21,27)(H,25,26). The van der Waals surface area contributed by atoms with Gasteiger partial charge in [0.15, 0.2) is 0 Å². The zero-order chi connectivity index (χ0) is 20.5. The van der Waals surface area contributed by atoms with E-state index in [4.69, 9.17) is 22.4 Å². The first-order valence-electron chi connectivity index (χ1n) is 10.4. The van der Waals surface area contributed by atoms with Crippen molar-refractivity contribution in [3.05, 3.63) is 0 Å². The second-order valence-corrected chi connectivity index (χ2v) is 8.39. The zero-order valence-corrected chi connectivity index (χ0v) is 17.2. The Morgan fingerprint density at radius 1 is 1.14 bits per heavy atom. The molecule has 1 heterocycles. The van der Waals surface area contributed by atoms with Gasteiger partial charge in [0.1, 0.15) is 0 Å². The fourth-order valence-corrected chi connectivity index (χ4v) is 4.50. The van der Waals surface area contributed by atoms with Gasteiger partial charge in [0.25, 0.3) is 0 Å². The van der Waals surface area contributed by atoms with Gasteiger partial charge in [-0.05, 0) is 50.9 Å². The molecule has 2 rings (SSSR count). The van der Waals surface area contributed by atoms with Crippen LogP contribution in [0, 0.1) is 17.8 Å². The molecule has 158 valence electrons. The number of carbonyl (C=O) groups excluding carboxylic acids is 2. The van der Waals surface area contributed by atoms with Gasteiger partial charge in [-0.25, -0.2) is 0 Å². The Kier molecular flexibility index (Phi) is 9.31. The summed E-state index contributed by atoms with van der Waals surface area (Å²) in [4.78, 5) is 37.3. The number of hydrogen-bond donors (Lipinski definition) is 3. The third-order valence-electron chi connectivity index (χ3n) is 5.84. The molecule has 2 fully saturated rings. The predicted molar refractivity (Wildman–Crippen MR) is 109 cm³/mol. The molecule has 1 atom stereocenters. The van der Waals surface area contributed by atoms with Gasteiger partial charge in [0.2, 0.25) is 11.8 Å². The summed E-state index contributed by atoms with van der Waals surface area (Å²) in [5.74, 6) is -0.238. The highest BCUT2D eigenvalue weighted by atomic mass is 32.1. The van der Waals surface area contributed by atoms with E-state index >= 15 is 0 Å². The molecule has 0 bridgehead atoms. The van der Waals surface area contributed by atoms with Crippen molar-refractivity contribution in [2.75, 3.05) is 19.7 Å². The number of hydrogen-bond acceptors (Lipinski definition) is 5. The summed E-state index contributed by atoms with van der Waals surface area (Å²) < 4.78 is 0. The number of aliphatic hydroxyl groups is 1. The molecule has 8 heteroatoms. The number of unbranched alkanes of at least 4 members (excludes halogenated alkanes) is 2. The molecular formula is C20H32N2O5S. The van der Waals surface area contributed by atoms with Gasteiger partial charge < -0.3 is 20.4 Å². The number of carboxylic acid groups (broad SMARTS) is 1. The van der Waals surface area contributed by atoms with Gasteiger partial charge >= 0.3 is 5.97 Å². The zero-order valence-electron chi connectivity index (χ0n) is 16.4. The first-order chi connectivity index (χ1) is 13.4. The number of thiocarbonyl (C=S) groups is 1. The van der Waals surface area contributed by atoms with Crippen molar-refractivity contribution in [2.45, 2.75) is 64.2 Å². The van der Waals surface area contributed by atoms with Crippen molar-refractivity contribution >= 4 is 35.0 Å². The average Bonchev–Trinajstić information content (AvgIpc) is 2.92. The second kappa shape index (κ2) is 11.5. The molecule has 7 nitrogen and oxygen atoms in total. The Labute approximate surface area is 171 Å². The van der Waals surface area contributed by atoms with Crippen LogP contribution in [-0.2, 0) is 14.4 Å². The maximum atomic E-state index is 12.3. The minimum absolute atomic E-state index is 0.00915. The summed E-state index contributed by atoms with van der Waals surface area (Å²) in [6.45, 7) is 1.28. The van der Waals surface area contributed by atoms with E-state index in [1.54, 1.807) is 4.90 Å². The van der Waals surface area contributed by atoms with Crippen LogP contribution >= 0.6 is 12.2 Å². The van der Waals surface area contributed by atoms with E-state index < -0.39 is 5.97 Å². The Hall–Kier alpha value is -1.54. The third-order valence-corrected chi connectivity index (χ3v) is 6.39. The summed E-state index contributed by atoms with van der Waals surface area (Å²) >= 11 is 5.43. The number of likely N-dealkylation sites (tertiary alicyclic amines) is 1. The molecule has 0 aromatic carbocycles. The van der Waals surface area contributed by atoms with E-state index in [1.807, 2.05) is 0 Å². The summed E-state index contributed by atoms with van der Waals surface area (Å²) in [6, 6.07) is 0. The highest BCUT2D eigenvalue weighted by molar-refractivity contribution is 7.80. The molecule has 0 aromatic heterocycles. The van der Waals surface area contributed by atoms with Crippen LogP contribution < -0.4 is 5.32 Å². The number of carboxylic acids is 1. The van der Waals surface area contributed by atoms with Crippen LogP contribution in [0.5, 0.6) is 0 Å². The van der Waals surface area contributed by atoms with Gasteiger partial charge in [0, 0.05) is 44.4 Å². The van der Waals surface area contributed by atoms with E-state index in [-0.39, 0.29) is 36.7 Å². The smallest absolute Gasteiger partial charge is 0.303 e. The number of aliphatic carboxylic acids is 1. The van der Waals surface area contributed by atoms with Crippen molar-refractivity contribution in [3.8, 4) is 0 Å². The maximum Gasteiger partial charge on any atom is 0.303 e. The molecule has 1 unspecified atom stereocenters. The van der Waals surface area contributed by atoms with Crippen molar-refractivity contribution < 1.29 is 24.6 Å². The van der Waals surface area contributed by atoms with Crippen LogP contribution in [0.3, 0.4) is 0 Å². The lowest BCUT2D eigenvalue weighted by molar-refractivity contribution is -0.137. The molecule has 28 heavy (non-hydrogen) atoms. The number of carbonyl (C=O) groups is 3. The molecule has 0 radical (unpaired) electrons. The Morgan fingerprint density at radius 3 is 2.50 bits per heavy atom. The second-order valence-electron chi connectivity index (χ2n) is 7.97. The first kappa shape index (κ1) is 22.7. The fraction of sp³-hybridized carbons (Fsp3) is 0.800. The number of nitrogens with zero attached hydrogens (tertiary/aromatic N) is 1. The van der Waals surface area contributed by atoms with E-state index in [0.717, 1.165) is 38.5 Å². The molecule has 2 aliphatic rings. The summed E-state index contributed by atoms with van der Waals surface area (Å²) in [5, 5.41) is 20.7. The van der Waals surface area contributed by atoms with Crippen molar-refractivity contribution in [3.63, 3.8) is 0 Å². The van der Waals surface area contributed by atoms with Gasteiger partial charge in [-0.1, -0.05) is 18.6 Å². The van der Waals surface area contributed by atoms with Crippen LogP contribution in [0.1, 0.15) is 64.2 Å². The lowest BCUT2D eigenvalue weighted by Crippen LogP contribution is -2.38. The number of amides is 2. The largest absolute Gasteiger partial charge is 0.481 e. The van der Waals surface area contributed by atoms with Crippen LogP contribution in [0.2, 0.25) is 0 Å². The average molecular weight is 413 g/mol. The first-order valence-corrected chi connectivity index (χ1v) is 10.8. The number of aliphatic hydroxyl groups excluding tert-OH is 1. The van der Waals surface area contributed by atoms with Gasteiger partial charge in [-0.2, -0.15) is 0 Å². The number of nitrogens with one attached hydrogen (secondary N) is 1. The van der Waals surface area contributed by atoms with E-state index in [1.165, 1.54) is 0 Å². The lowest BCUT2D eigenvalue weighted by Gasteiger charge is -2.31. The minimum Gasteiger partial charge on any atom is -0.481 e. The number of rotatable bonds is 11. The minimum atomic E-state index is -0.777. The Morgan fingerprint density at radius 2 is 1.86 bits per heavy atom. The van der Waals surface area contributed by atoms with Crippen molar-refractivity contribution in [1.29, 1.82) is 0 Å². The van der Waals surface area contributed by atoms with Crippen LogP contribution in [0.4, 0.5) is 0 Å². The van der Waals surface area contributed by atoms with Gasteiger partial charge in [-0.3, -0.25) is 14.4 Å². The van der Waals surface area contributed by atoms with Crippen LogP contribution in [0.15, 0.2) is 0 Å². The molecule has 0 spiro atoms. The van der Waals surface area contributed by atoms with Gasteiger partial charge in [0.05, 0.1) is 4.99 Å². The molecular weight excluding hydrogens is 380 g/mol. The molecule has 1 aliphatic carbocycles.